The van der Waals surface area contributed by atoms with Gasteiger partial charge in [-0.3, -0.25) is 5.32 Å². The van der Waals surface area contributed by atoms with Crippen LogP contribution in [0.3, 0.4) is 0 Å². The van der Waals surface area contributed by atoms with Crippen LogP contribution in [-0.2, 0) is 5.54 Å². The fraction of sp³-hybridized carbons (Fsp3) is 0.385. The van der Waals surface area contributed by atoms with Crippen molar-refractivity contribution < 1.29 is 4.79 Å². The molecule has 0 aliphatic carbocycles. The highest BCUT2D eigenvalue weighted by molar-refractivity contribution is 7.11. The molecule has 0 atom stereocenters. The van der Waals surface area contributed by atoms with E-state index in [4.69, 9.17) is 0 Å². The van der Waals surface area contributed by atoms with Crippen LogP contribution in [0.2, 0.25) is 0 Å². The molecule has 0 aliphatic heterocycles. The van der Waals surface area contributed by atoms with Crippen molar-refractivity contribution in [2.45, 2.75) is 33.2 Å². The minimum atomic E-state index is -0.537. The second kappa shape index (κ2) is 5.54. The van der Waals surface area contributed by atoms with Crippen molar-refractivity contribution in [1.29, 1.82) is 0 Å². The van der Waals surface area contributed by atoms with Crippen molar-refractivity contribution in [2.24, 2.45) is 0 Å². The number of hydrogen-bond donors (Lipinski definition) is 2. The second-order valence-corrected chi connectivity index (χ2v) is 6.20. The first kappa shape index (κ1) is 14.4. The molecule has 6 nitrogen and oxygen atoms in total. The molecule has 2 N–H and O–H groups in total. The van der Waals surface area contributed by atoms with Crippen molar-refractivity contribution in [1.82, 2.24) is 20.3 Å². The molecule has 0 aliphatic rings. The van der Waals surface area contributed by atoms with Gasteiger partial charge in [0.05, 0.1) is 5.54 Å². The average Bonchev–Trinajstić information content (AvgIpc) is 2.75. The van der Waals surface area contributed by atoms with Crippen LogP contribution in [-0.4, -0.2) is 21.0 Å². The van der Waals surface area contributed by atoms with Crippen LogP contribution < -0.4 is 10.6 Å². The second-order valence-electron chi connectivity index (χ2n) is 4.97. The normalized spacial score (nSPS) is 11.2. The third kappa shape index (κ3) is 3.51. The lowest BCUT2D eigenvalue weighted by Crippen LogP contribution is -2.43. The summed E-state index contributed by atoms with van der Waals surface area (Å²) in [5, 5.41) is 6.45. The summed E-state index contributed by atoms with van der Waals surface area (Å²) in [6, 6.07) is 1.33. The molecule has 2 aromatic rings. The van der Waals surface area contributed by atoms with Gasteiger partial charge in [-0.05, 0) is 33.8 Å². The van der Waals surface area contributed by atoms with E-state index in [-0.39, 0.29) is 6.03 Å². The molecule has 0 radical (unpaired) electrons. The summed E-state index contributed by atoms with van der Waals surface area (Å²) in [6.07, 6.45) is 3.41. The molecule has 106 valence electrons. The third-order valence-corrected chi connectivity index (χ3v) is 3.84. The van der Waals surface area contributed by atoms with Crippen LogP contribution in [0.25, 0.3) is 0 Å². The molecule has 0 saturated carbocycles. The predicted molar refractivity (Wildman–Crippen MR) is 78.8 cm³/mol. The number of carbonyl (C=O) groups excluding carboxylic acids is 1. The van der Waals surface area contributed by atoms with Gasteiger partial charge in [-0.15, -0.1) is 11.3 Å². The number of nitrogens with zero attached hydrogens (tertiary/aromatic N) is 3. The summed E-state index contributed by atoms with van der Waals surface area (Å²) < 4.78 is 0. The van der Waals surface area contributed by atoms with Crippen LogP contribution in [0.5, 0.6) is 0 Å². The zero-order chi connectivity index (χ0) is 14.8. The number of thiazole rings is 1. The molecule has 2 amide bonds. The molecular weight excluding hydrogens is 274 g/mol. The molecule has 0 fully saturated rings. The van der Waals surface area contributed by atoms with Gasteiger partial charge in [0, 0.05) is 17.3 Å². The Hall–Kier alpha value is -2.02. The van der Waals surface area contributed by atoms with Gasteiger partial charge in [-0.1, -0.05) is 0 Å². The minimum absolute atomic E-state index is 0.319. The average molecular weight is 291 g/mol. The smallest absolute Gasteiger partial charge is 0.321 e. The number of urea groups is 1. The summed E-state index contributed by atoms with van der Waals surface area (Å²) in [4.78, 5) is 25.5. The molecule has 2 rings (SSSR count). The summed E-state index contributed by atoms with van der Waals surface area (Å²) in [5.41, 5.74) is -0.537. The van der Waals surface area contributed by atoms with Gasteiger partial charge in [-0.2, -0.15) is 0 Å². The Bertz CT molecular complexity index is 623. The van der Waals surface area contributed by atoms with Gasteiger partial charge < -0.3 is 5.32 Å². The summed E-state index contributed by atoms with van der Waals surface area (Å²) >= 11 is 1.57. The van der Waals surface area contributed by atoms with E-state index in [0.717, 1.165) is 9.88 Å². The van der Waals surface area contributed by atoms with Crippen LogP contribution in [0.4, 0.5) is 10.6 Å². The summed E-state index contributed by atoms with van der Waals surface area (Å²) in [7, 11) is 0. The van der Waals surface area contributed by atoms with E-state index >= 15 is 0 Å². The highest BCUT2D eigenvalue weighted by Crippen LogP contribution is 2.24. The Labute approximate surface area is 121 Å². The minimum Gasteiger partial charge on any atom is -0.326 e. The van der Waals surface area contributed by atoms with E-state index in [0.29, 0.717) is 11.6 Å². The quantitative estimate of drug-likeness (QED) is 0.911. The Morgan fingerprint density at radius 3 is 2.65 bits per heavy atom. The van der Waals surface area contributed by atoms with E-state index in [1.54, 1.807) is 36.7 Å². The van der Waals surface area contributed by atoms with Crippen molar-refractivity contribution in [2.75, 3.05) is 5.32 Å². The number of amides is 2. The van der Waals surface area contributed by atoms with Gasteiger partial charge in [0.15, 0.2) is 0 Å². The lowest BCUT2D eigenvalue weighted by molar-refractivity contribution is 0.241. The largest absolute Gasteiger partial charge is 0.326 e. The van der Waals surface area contributed by atoms with Crippen LogP contribution in [0.15, 0.2) is 18.5 Å². The summed E-state index contributed by atoms with van der Waals surface area (Å²) in [6.45, 7) is 7.58. The first-order valence-corrected chi connectivity index (χ1v) is 7.00. The monoisotopic (exact) mass is 291 g/mol. The van der Waals surface area contributed by atoms with Gasteiger partial charge in [-0.25, -0.2) is 19.7 Å². The molecule has 0 bridgehead atoms. The molecule has 0 spiro atoms. The number of aromatic nitrogens is 3. The highest BCUT2D eigenvalue weighted by Gasteiger charge is 2.26. The van der Waals surface area contributed by atoms with Crippen molar-refractivity contribution in [3.63, 3.8) is 0 Å². The number of aryl methyl sites for hydroxylation is 2. The van der Waals surface area contributed by atoms with E-state index in [2.05, 4.69) is 25.6 Å². The van der Waals surface area contributed by atoms with Gasteiger partial charge in [0.2, 0.25) is 0 Å². The zero-order valence-corrected chi connectivity index (χ0v) is 12.7. The number of nitrogens with one attached hydrogen (secondary N) is 2. The lowest BCUT2D eigenvalue weighted by Gasteiger charge is -2.23. The molecule has 2 heterocycles. The molecule has 0 aromatic carbocycles. The van der Waals surface area contributed by atoms with E-state index in [1.807, 2.05) is 20.8 Å². The molecule has 20 heavy (non-hydrogen) atoms. The summed E-state index contributed by atoms with van der Waals surface area (Å²) in [5.74, 6) is 1.08. The Morgan fingerprint density at radius 2 is 2.05 bits per heavy atom. The Balaban J connectivity index is 2.04. The maximum absolute atomic E-state index is 12.0. The van der Waals surface area contributed by atoms with Gasteiger partial charge in [0.25, 0.3) is 0 Å². The van der Waals surface area contributed by atoms with Crippen LogP contribution in [0.1, 0.15) is 29.6 Å². The Morgan fingerprint density at radius 1 is 1.30 bits per heavy atom. The van der Waals surface area contributed by atoms with E-state index in [9.17, 15) is 4.79 Å². The van der Waals surface area contributed by atoms with Crippen molar-refractivity contribution >= 4 is 23.2 Å². The SMILES string of the molecule is Cc1nccc(NC(=O)NC(C)(C)c2ncc(C)s2)n1. The molecule has 0 saturated heterocycles. The topological polar surface area (TPSA) is 79.8 Å². The highest BCUT2D eigenvalue weighted by atomic mass is 32.1. The zero-order valence-electron chi connectivity index (χ0n) is 11.9. The maximum Gasteiger partial charge on any atom is 0.321 e. The first-order valence-electron chi connectivity index (χ1n) is 6.18. The molecule has 2 aromatic heterocycles. The molecule has 7 heteroatoms. The Kier molecular flexibility index (Phi) is 3.99. The fourth-order valence-corrected chi connectivity index (χ4v) is 2.48. The molecular formula is C13H17N5OS. The fourth-order valence-electron chi connectivity index (χ4n) is 1.65. The van der Waals surface area contributed by atoms with Crippen molar-refractivity contribution in [3.8, 4) is 0 Å². The lowest BCUT2D eigenvalue weighted by atomic mass is 10.1. The standard InChI is InChI=1S/C13H17N5OS/c1-8-7-15-11(20-8)13(3,4)18-12(19)17-10-5-6-14-9(2)16-10/h5-7H,1-4H3,(H2,14,16,17,18,19). The van der Waals surface area contributed by atoms with E-state index < -0.39 is 5.54 Å². The third-order valence-electron chi connectivity index (χ3n) is 2.60. The number of anilines is 1. The number of carbonyl (C=O) groups is 1. The molecule has 0 unspecified atom stereocenters. The van der Waals surface area contributed by atoms with Gasteiger partial charge in [0.1, 0.15) is 16.6 Å². The maximum atomic E-state index is 12.0. The van der Waals surface area contributed by atoms with Crippen LogP contribution in [0, 0.1) is 13.8 Å². The number of rotatable bonds is 3. The van der Waals surface area contributed by atoms with E-state index in [1.165, 1.54) is 0 Å². The first-order chi connectivity index (χ1) is 9.37. The van der Waals surface area contributed by atoms with Crippen LogP contribution >= 0.6 is 11.3 Å². The number of hydrogen-bond acceptors (Lipinski definition) is 5. The van der Waals surface area contributed by atoms with Gasteiger partial charge >= 0.3 is 6.03 Å². The van der Waals surface area contributed by atoms with Crippen molar-refractivity contribution in [3.05, 3.63) is 34.2 Å². The predicted octanol–water partition coefficient (Wildman–Crippen LogP) is 2.61.